The summed E-state index contributed by atoms with van der Waals surface area (Å²) in [6, 6.07) is 13.1. The highest BCUT2D eigenvalue weighted by molar-refractivity contribution is 6.30. The zero-order valence-electron chi connectivity index (χ0n) is 10.8. The number of nitrogens with two attached hydrogens (primary N) is 1. The maximum absolute atomic E-state index is 14.0. The van der Waals surface area contributed by atoms with Crippen LogP contribution in [-0.2, 0) is 13.1 Å². The van der Waals surface area contributed by atoms with Crippen LogP contribution >= 0.6 is 11.6 Å². The molecule has 1 aromatic heterocycles. The number of hydrogen-bond donors (Lipinski definition) is 1. The molecule has 2 N–H and O–H groups in total. The lowest BCUT2D eigenvalue weighted by molar-refractivity contribution is 0.602. The molecule has 20 heavy (non-hydrogen) atoms. The molecule has 1 heterocycles. The maximum Gasteiger partial charge on any atom is 0.146 e. The largest absolute Gasteiger partial charge is 0.343 e. The van der Waals surface area contributed by atoms with Crippen LogP contribution < -0.4 is 5.73 Å². The van der Waals surface area contributed by atoms with Crippen molar-refractivity contribution < 1.29 is 4.39 Å². The SMILES string of the molecule is NCc1ccc2c(ccn2Cc2cccc(Cl)c2F)c1. The zero-order valence-corrected chi connectivity index (χ0v) is 11.6. The van der Waals surface area contributed by atoms with E-state index in [1.165, 1.54) is 0 Å². The van der Waals surface area contributed by atoms with Crippen molar-refractivity contribution >= 4 is 22.5 Å². The van der Waals surface area contributed by atoms with Gasteiger partial charge in [0.05, 0.1) is 11.6 Å². The van der Waals surface area contributed by atoms with Gasteiger partial charge in [-0.15, -0.1) is 0 Å². The molecule has 0 aliphatic carbocycles. The second-order valence-corrected chi connectivity index (χ2v) is 5.16. The van der Waals surface area contributed by atoms with Gasteiger partial charge < -0.3 is 10.3 Å². The molecule has 0 atom stereocenters. The monoisotopic (exact) mass is 288 g/mol. The van der Waals surface area contributed by atoms with Gasteiger partial charge in [0.15, 0.2) is 0 Å². The van der Waals surface area contributed by atoms with Gasteiger partial charge in [-0.2, -0.15) is 0 Å². The lowest BCUT2D eigenvalue weighted by Gasteiger charge is -2.08. The van der Waals surface area contributed by atoms with Crippen molar-refractivity contribution in [1.82, 2.24) is 4.57 Å². The number of halogens is 2. The molecule has 0 unspecified atom stereocenters. The molecule has 0 bridgehead atoms. The third kappa shape index (κ3) is 2.30. The summed E-state index contributed by atoms with van der Waals surface area (Å²) in [4.78, 5) is 0. The Hall–Kier alpha value is -1.84. The molecule has 0 spiro atoms. The minimum atomic E-state index is -0.352. The Morgan fingerprint density at radius 2 is 2.00 bits per heavy atom. The minimum absolute atomic E-state index is 0.157. The van der Waals surface area contributed by atoms with Gasteiger partial charge in [-0.3, -0.25) is 0 Å². The van der Waals surface area contributed by atoms with Crippen LogP contribution in [0.5, 0.6) is 0 Å². The van der Waals surface area contributed by atoms with E-state index in [9.17, 15) is 4.39 Å². The van der Waals surface area contributed by atoms with E-state index in [1.54, 1.807) is 18.2 Å². The first-order valence-electron chi connectivity index (χ1n) is 6.40. The summed E-state index contributed by atoms with van der Waals surface area (Å²) < 4.78 is 16.0. The predicted molar refractivity (Wildman–Crippen MR) is 80.3 cm³/mol. The number of hydrogen-bond acceptors (Lipinski definition) is 1. The molecule has 102 valence electrons. The molecule has 4 heteroatoms. The lowest BCUT2D eigenvalue weighted by atomic mass is 10.1. The lowest BCUT2D eigenvalue weighted by Crippen LogP contribution is -2.01. The van der Waals surface area contributed by atoms with E-state index >= 15 is 0 Å². The minimum Gasteiger partial charge on any atom is -0.343 e. The first-order chi connectivity index (χ1) is 9.69. The van der Waals surface area contributed by atoms with Crippen LogP contribution in [0.25, 0.3) is 10.9 Å². The molecule has 0 saturated heterocycles. The number of nitrogens with zero attached hydrogens (tertiary/aromatic N) is 1. The standard InChI is InChI=1S/C16H14ClFN2/c17-14-3-1-2-13(16(14)18)10-20-7-6-12-8-11(9-19)4-5-15(12)20/h1-8H,9-10,19H2. The Kier molecular flexibility index (Phi) is 3.47. The Bertz CT molecular complexity index is 764. The molecule has 3 aromatic rings. The van der Waals surface area contributed by atoms with Crippen molar-refractivity contribution in [3.63, 3.8) is 0 Å². The van der Waals surface area contributed by atoms with E-state index in [0.29, 0.717) is 18.7 Å². The fraction of sp³-hybridized carbons (Fsp3) is 0.125. The molecule has 2 aromatic carbocycles. The first-order valence-corrected chi connectivity index (χ1v) is 6.77. The molecule has 0 radical (unpaired) electrons. The van der Waals surface area contributed by atoms with E-state index in [4.69, 9.17) is 17.3 Å². The van der Waals surface area contributed by atoms with E-state index in [2.05, 4.69) is 6.07 Å². The van der Waals surface area contributed by atoms with Crippen LogP contribution in [0.15, 0.2) is 48.7 Å². The third-order valence-corrected chi connectivity index (χ3v) is 3.74. The number of benzene rings is 2. The van der Waals surface area contributed by atoms with Crippen molar-refractivity contribution in [2.45, 2.75) is 13.1 Å². The van der Waals surface area contributed by atoms with E-state index in [1.807, 2.05) is 29.0 Å². The van der Waals surface area contributed by atoms with Crippen molar-refractivity contribution in [3.05, 3.63) is 70.6 Å². The summed E-state index contributed by atoms with van der Waals surface area (Å²) in [5.41, 5.74) is 8.36. The van der Waals surface area contributed by atoms with Crippen molar-refractivity contribution in [2.24, 2.45) is 5.73 Å². The van der Waals surface area contributed by atoms with E-state index in [0.717, 1.165) is 16.5 Å². The molecular formula is C16H14ClFN2. The summed E-state index contributed by atoms with van der Waals surface area (Å²) in [7, 11) is 0. The Balaban J connectivity index is 2.01. The number of aromatic nitrogens is 1. The van der Waals surface area contributed by atoms with E-state index < -0.39 is 0 Å². The summed E-state index contributed by atoms with van der Waals surface area (Å²) in [5, 5.41) is 1.26. The average Bonchev–Trinajstić information content (AvgIpc) is 2.86. The van der Waals surface area contributed by atoms with Crippen molar-refractivity contribution in [3.8, 4) is 0 Å². The zero-order chi connectivity index (χ0) is 14.1. The highest BCUT2D eigenvalue weighted by Crippen LogP contribution is 2.22. The smallest absolute Gasteiger partial charge is 0.146 e. The molecule has 0 fully saturated rings. The van der Waals surface area contributed by atoms with Gasteiger partial charge >= 0.3 is 0 Å². The van der Waals surface area contributed by atoms with Crippen molar-refractivity contribution in [1.29, 1.82) is 0 Å². The van der Waals surface area contributed by atoms with Crippen LogP contribution in [0.3, 0.4) is 0 Å². The summed E-state index contributed by atoms with van der Waals surface area (Å²) >= 11 is 5.81. The third-order valence-electron chi connectivity index (χ3n) is 3.44. The van der Waals surface area contributed by atoms with Crippen molar-refractivity contribution in [2.75, 3.05) is 0 Å². The first kappa shape index (κ1) is 13.2. The van der Waals surface area contributed by atoms with Crippen LogP contribution in [0, 0.1) is 5.82 Å². The van der Waals surface area contributed by atoms with Gasteiger partial charge in [-0.1, -0.05) is 29.8 Å². The van der Waals surface area contributed by atoms with Crippen LogP contribution in [0.1, 0.15) is 11.1 Å². The Morgan fingerprint density at radius 1 is 1.15 bits per heavy atom. The summed E-state index contributed by atoms with van der Waals surface area (Å²) in [6.45, 7) is 0.974. The summed E-state index contributed by atoms with van der Waals surface area (Å²) in [6.07, 6.45) is 1.95. The fourth-order valence-electron chi connectivity index (χ4n) is 2.37. The highest BCUT2D eigenvalue weighted by atomic mass is 35.5. The Labute approximate surface area is 121 Å². The molecule has 0 aliphatic heterocycles. The molecular weight excluding hydrogens is 275 g/mol. The molecule has 3 rings (SSSR count). The Morgan fingerprint density at radius 3 is 2.80 bits per heavy atom. The maximum atomic E-state index is 14.0. The van der Waals surface area contributed by atoms with Crippen LogP contribution in [0.4, 0.5) is 4.39 Å². The van der Waals surface area contributed by atoms with E-state index in [-0.39, 0.29) is 10.8 Å². The quantitative estimate of drug-likeness (QED) is 0.777. The van der Waals surface area contributed by atoms with Gasteiger partial charge in [-0.05, 0) is 35.2 Å². The van der Waals surface area contributed by atoms with Gasteiger partial charge in [0, 0.05) is 23.8 Å². The number of fused-ring (bicyclic) bond motifs is 1. The number of rotatable bonds is 3. The topological polar surface area (TPSA) is 30.9 Å². The fourth-order valence-corrected chi connectivity index (χ4v) is 2.56. The van der Waals surface area contributed by atoms with Gasteiger partial charge in [0.2, 0.25) is 0 Å². The molecule has 0 amide bonds. The normalized spacial score (nSPS) is 11.2. The van der Waals surface area contributed by atoms with Gasteiger partial charge in [0.25, 0.3) is 0 Å². The predicted octanol–water partition coefficient (Wildman–Crippen LogP) is 3.94. The molecule has 0 aliphatic rings. The average molecular weight is 289 g/mol. The second kappa shape index (κ2) is 5.27. The highest BCUT2D eigenvalue weighted by Gasteiger charge is 2.08. The van der Waals surface area contributed by atoms with Crippen LogP contribution in [-0.4, -0.2) is 4.57 Å². The molecule has 2 nitrogen and oxygen atoms in total. The second-order valence-electron chi connectivity index (χ2n) is 4.75. The summed E-state index contributed by atoms with van der Waals surface area (Å²) in [5.74, 6) is -0.352. The van der Waals surface area contributed by atoms with Gasteiger partial charge in [0.1, 0.15) is 5.82 Å². The molecule has 0 saturated carbocycles. The van der Waals surface area contributed by atoms with Crippen LogP contribution in [0.2, 0.25) is 5.02 Å². The van der Waals surface area contributed by atoms with Gasteiger partial charge in [-0.25, -0.2) is 4.39 Å².